The average molecular weight is 315 g/mol. The standard InChI is InChI=1S/C18H21NO4/c1-11-6-15-14(10-23-16(15)7-12(11)2)8-17(20)19-5-3-4-13(9-19)18(21)22/h6-7,10,13H,3-5,8-9H2,1-2H3,(H,21,22). The fourth-order valence-electron chi connectivity index (χ4n) is 3.15. The van der Waals surface area contributed by atoms with Gasteiger partial charge >= 0.3 is 5.97 Å². The molecule has 1 aromatic heterocycles. The van der Waals surface area contributed by atoms with Crippen molar-refractivity contribution in [1.29, 1.82) is 0 Å². The summed E-state index contributed by atoms with van der Waals surface area (Å²) in [5.74, 6) is -1.29. The van der Waals surface area contributed by atoms with Gasteiger partial charge in [-0.1, -0.05) is 0 Å². The van der Waals surface area contributed by atoms with Gasteiger partial charge in [-0.05, 0) is 49.9 Å². The van der Waals surface area contributed by atoms with Crippen LogP contribution in [-0.4, -0.2) is 35.0 Å². The second-order valence-corrected chi connectivity index (χ2v) is 6.39. The van der Waals surface area contributed by atoms with Crippen molar-refractivity contribution in [2.45, 2.75) is 33.1 Å². The van der Waals surface area contributed by atoms with Crippen molar-refractivity contribution in [3.05, 3.63) is 35.1 Å². The van der Waals surface area contributed by atoms with Gasteiger partial charge in [0.25, 0.3) is 0 Å². The quantitative estimate of drug-likeness (QED) is 0.945. The van der Waals surface area contributed by atoms with Gasteiger partial charge in [-0.15, -0.1) is 0 Å². The van der Waals surface area contributed by atoms with Crippen molar-refractivity contribution >= 4 is 22.8 Å². The first kappa shape index (κ1) is 15.6. The molecule has 1 aliphatic rings. The zero-order valence-electron chi connectivity index (χ0n) is 13.5. The molecule has 1 N–H and O–H groups in total. The number of hydrogen-bond donors (Lipinski definition) is 1. The van der Waals surface area contributed by atoms with Gasteiger partial charge in [0.1, 0.15) is 5.58 Å². The van der Waals surface area contributed by atoms with Gasteiger partial charge in [0.2, 0.25) is 5.91 Å². The Morgan fingerprint density at radius 2 is 2.04 bits per heavy atom. The van der Waals surface area contributed by atoms with Crippen molar-refractivity contribution in [3.63, 3.8) is 0 Å². The predicted molar refractivity (Wildman–Crippen MR) is 86.3 cm³/mol. The summed E-state index contributed by atoms with van der Waals surface area (Å²) in [5, 5.41) is 10.1. The van der Waals surface area contributed by atoms with Crippen LogP contribution >= 0.6 is 0 Å². The van der Waals surface area contributed by atoms with Crippen molar-refractivity contribution in [3.8, 4) is 0 Å². The monoisotopic (exact) mass is 315 g/mol. The Bertz CT molecular complexity index is 762. The molecule has 0 saturated carbocycles. The average Bonchev–Trinajstić information content (AvgIpc) is 2.90. The number of carbonyl (C=O) groups excluding carboxylic acids is 1. The fourth-order valence-corrected chi connectivity index (χ4v) is 3.15. The van der Waals surface area contributed by atoms with Gasteiger partial charge in [0.15, 0.2) is 0 Å². The van der Waals surface area contributed by atoms with Crippen LogP contribution in [0.25, 0.3) is 11.0 Å². The van der Waals surface area contributed by atoms with Crippen LogP contribution in [0.2, 0.25) is 0 Å². The Labute approximate surface area is 134 Å². The SMILES string of the molecule is Cc1cc2occ(CC(=O)N3CCCC(C(=O)O)C3)c2cc1C. The smallest absolute Gasteiger partial charge is 0.308 e. The number of rotatable bonds is 3. The highest BCUT2D eigenvalue weighted by molar-refractivity contribution is 5.88. The van der Waals surface area contributed by atoms with Crippen molar-refractivity contribution in [1.82, 2.24) is 4.90 Å². The zero-order valence-corrected chi connectivity index (χ0v) is 13.5. The normalized spacial score (nSPS) is 18.3. The van der Waals surface area contributed by atoms with Gasteiger partial charge in [0, 0.05) is 24.0 Å². The van der Waals surface area contributed by atoms with E-state index in [2.05, 4.69) is 0 Å². The van der Waals surface area contributed by atoms with E-state index in [1.165, 1.54) is 0 Å². The molecule has 122 valence electrons. The fraction of sp³-hybridized carbons (Fsp3) is 0.444. The molecule has 1 atom stereocenters. The Morgan fingerprint density at radius 3 is 2.78 bits per heavy atom. The van der Waals surface area contributed by atoms with Crippen LogP contribution in [0.15, 0.2) is 22.8 Å². The molecule has 0 bridgehead atoms. The summed E-state index contributed by atoms with van der Waals surface area (Å²) in [7, 11) is 0. The van der Waals surface area contributed by atoms with Crippen molar-refractivity contribution < 1.29 is 19.1 Å². The van der Waals surface area contributed by atoms with E-state index in [0.29, 0.717) is 19.5 Å². The third kappa shape index (κ3) is 3.09. The highest BCUT2D eigenvalue weighted by atomic mass is 16.4. The number of carboxylic acid groups (broad SMARTS) is 1. The minimum Gasteiger partial charge on any atom is -0.481 e. The van der Waals surface area contributed by atoms with Gasteiger partial charge in [-0.25, -0.2) is 0 Å². The summed E-state index contributed by atoms with van der Waals surface area (Å²) in [5.41, 5.74) is 3.98. The molecule has 1 saturated heterocycles. The first-order valence-corrected chi connectivity index (χ1v) is 7.93. The first-order chi connectivity index (χ1) is 11.0. The van der Waals surface area contributed by atoms with E-state index in [1.54, 1.807) is 11.2 Å². The van der Waals surface area contributed by atoms with E-state index in [9.17, 15) is 9.59 Å². The summed E-state index contributed by atoms with van der Waals surface area (Å²) >= 11 is 0. The maximum absolute atomic E-state index is 12.5. The van der Waals surface area contributed by atoms with Crippen LogP contribution in [0.3, 0.4) is 0 Å². The lowest BCUT2D eigenvalue weighted by molar-refractivity contribution is -0.145. The summed E-state index contributed by atoms with van der Waals surface area (Å²) in [6.45, 7) is 5.01. The highest BCUT2D eigenvalue weighted by Gasteiger charge is 2.28. The molecule has 23 heavy (non-hydrogen) atoms. The van der Waals surface area contributed by atoms with Crippen LogP contribution in [-0.2, 0) is 16.0 Å². The molecule has 0 aliphatic carbocycles. The predicted octanol–water partition coefficient (Wildman–Crippen LogP) is 2.92. The molecule has 2 aromatic rings. The van der Waals surface area contributed by atoms with Crippen LogP contribution in [0.4, 0.5) is 0 Å². The van der Waals surface area contributed by atoms with Crippen molar-refractivity contribution in [2.24, 2.45) is 5.92 Å². The number of benzene rings is 1. The lowest BCUT2D eigenvalue weighted by Gasteiger charge is -2.30. The number of fused-ring (bicyclic) bond motifs is 1. The molecule has 5 heteroatoms. The van der Waals surface area contributed by atoms with E-state index < -0.39 is 11.9 Å². The molecule has 1 aliphatic heterocycles. The molecule has 3 rings (SSSR count). The Morgan fingerprint density at radius 1 is 1.30 bits per heavy atom. The third-order valence-corrected chi connectivity index (χ3v) is 4.74. The second-order valence-electron chi connectivity index (χ2n) is 6.39. The number of hydrogen-bond acceptors (Lipinski definition) is 3. The third-order valence-electron chi connectivity index (χ3n) is 4.74. The number of nitrogens with zero attached hydrogens (tertiary/aromatic N) is 1. The first-order valence-electron chi connectivity index (χ1n) is 7.93. The summed E-state index contributed by atoms with van der Waals surface area (Å²) in [6.07, 6.45) is 3.28. The summed E-state index contributed by atoms with van der Waals surface area (Å²) in [6, 6.07) is 4.03. The van der Waals surface area contributed by atoms with Gasteiger partial charge in [-0.2, -0.15) is 0 Å². The molecule has 1 fully saturated rings. The number of carbonyl (C=O) groups is 2. The van der Waals surface area contributed by atoms with Crippen LogP contribution in [0.1, 0.15) is 29.5 Å². The highest BCUT2D eigenvalue weighted by Crippen LogP contribution is 2.26. The number of aliphatic carboxylic acids is 1. The van der Waals surface area contributed by atoms with Gasteiger partial charge < -0.3 is 14.4 Å². The van der Waals surface area contributed by atoms with Crippen LogP contribution in [0.5, 0.6) is 0 Å². The lowest BCUT2D eigenvalue weighted by atomic mass is 9.97. The Kier molecular flexibility index (Phi) is 4.11. The molecular weight excluding hydrogens is 294 g/mol. The van der Waals surface area contributed by atoms with Crippen LogP contribution < -0.4 is 0 Å². The lowest BCUT2D eigenvalue weighted by Crippen LogP contribution is -2.42. The minimum absolute atomic E-state index is 0.0307. The largest absolute Gasteiger partial charge is 0.481 e. The van der Waals surface area contributed by atoms with Crippen molar-refractivity contribution in [2.75, 3.05) is 13.1 Å². The van der Waals surface area contributed by atoms with E-state index in [1.807, 2.05) is 26.0 Å². The molecule has 1 aromatic carbocycles. The molecule has 0 spiro atoms. The van der Waals surface area contributed by atoms with E-state index in [0.717, 1.165) is 34.1 Å². The molecule has 1 unspecified atom stereocenters. The number of aryl methyl sites for hydroxylation is 2. The van der Waals surface area contributed by atoms with E-state index >= 15 is 0 Å². The minimum atomic E-state index is -0.817. The summed E-state index contributed by atoms with van der Waals surface area (Å²) in [4.78, 5) is 25.3. The topological polar surface area (TPSA) is 70.8 Å². The number of carboxylic acids is 1. The zero-order chi connectivity index (χ0) is 16.6. The maximum Gasteiger partial charge on any atom is 0.308 e. The number of amides is 1. The van der Waals surface area contributed by atoms with Crippen LogP contribution in [0, 0.1) is 19.8 Å². The molecule has 2 heterocycles. The molecule has 1 amide bonds. The van der Waals surface area contributed by atoms with E-state index in [-0.39, 0.29) is 12.3 Å². The Balaban J connectivity index is 1.78. The number of furan rings is 1. The summed E-state index contributed by atoms with van der Waals surface area (Å²) < 4.78 is 5.57. The Hall–Kier alpha value is -2.30. The number of likely N-dealkylation sites (tertiary alicyclic amines) is 1. The molecular formula is C18H21NO4. The number of piperidine rings is 1. The second kappa shape index (κ2) is 6.07. The molecule has 5 nitrogen and oxygen atoms in total. The molecule has 0 radical (unpaired) electrons. The van der Waals surface area contributed by atoms with Gasteiger partial charge in [0.05, 0.1) is 18.6 Å². The maximum atomic E-state index is 12.5. The van der Waals surface area contributed by atoms with E-state index in [4.69, 9.17) is 9.52 Å². The van der Waals surface area contributed by atoms with Gasteiger partial charge in [-0.3, -0.25) is 9.59 Å².